The predicted octanol–water partition coefficient (Wildman–Crippen LogP) is 4.71. The van der Waals surface area contributed by atoms with Gasteiger partial charge in [0.05, 0.1) is 22.6 Å². The maximum Gasteiger partial charge on any atom is 0.309 e. The quantitative estimate of drug-likeness (QED) is 0.745. The molecule has 2 aromatic carbocycles. The molecule has 1 fully saturated rings. The number of carbonyl (C=O) groups excluding carboxylic acids is 1. The molecule has 2 nitrogen and oxygen atoms in total. The van der Waals surface area contributed by atoms with Crippen LogP contribution in [0.2, 0.25) is 10.0 Å². The summed E-state index contributed by atoms with van der Waals surface area (Å²) in [5.74, 6) is -0.835. The van der Waals surface area contributed by atoms with Crippen LogP contribution in [-0.2, 0) is 22.4 Å². The van der Waals surface area contributed by atoms with Crippen LogP contribution in [-0.4, -0.2) is 12.6 Å². The maximum absolute atomic E-state index is 13.8. The lowest BCUT2D eigenvalue weighted by molar-refractivity contribution is -0.141. The van der Waals surface area contributed by atoms with Crippen molar-refractivity contribution >= 4 is 29.2 Å². The molecule has 1 saturated heterocycles. The Morgan fingerprint density at radius 3 is 2.61 bits per heavy atom. The summed E-state index contributed by atoms with van der Waals surface area (Å²) in [6.07, 6.45) is 0.985. The minimum Gasteiger partial charge on any atom is -0.465 e. The van der Waals surface area contributed by atoms with Gasteiger partial charge < -0.3 is 4.74 Å². The van der Waals surface area contributed by atoms with Gasteiger partial charge in [0.15, 0.2) is 0 Å². The van der Waals surface area contributed by atoms with Crippen molar-refractivity contribution in [1.29, 1.82) is 0 Å². The lowest BCUT2D eigenvalue weighted by Gasteiger charge is -2.16. The van der Waals surface area contributed by atoms with Crippen molar-refractivity contribution in [2.45, 2.75) is 12.8 Å². The highest BCUT2D eigenvalue weighted by Crippen LogP contribution is 2.31. The predicted molar refractivity (Wildman–Crippen MR) is 88.2 cm³/mol. The average Bonchev–Trinajstić information content (AvgIpc) is 2.86. The van der Waals surface area contributed by atoms with Crippen molar-refractivity contribution in [1.82, 2.24) is 0 Å². The van der Waals surface area contributed by atoms with E-state index in [0.717, 1.165) is 5.56 Å². The number of carbonyl (C=O) groups is 1. The van der Waals surface area contributed by atoms with Crippen molar-refractivity contribution in [3.05, 3.63) is 69.5 Å². The minimum absolute atomic E-state index is 0.0474. The number of cyclic esters (lactones) is 1. The molecule has 0 aliphatic carbocycles. The van der Waals surface area contributed by atoms with E-state index in [1.165, 1.54) is 6.07 Å². The third kappa shape index (κ3) is 3.67. The third-order valence-corrected chi connectivity index (χ3v) is 4.93. The van der Waals surface area contributed by atoms with Crippen LogP contribution in [0.3, 0.4) is 0 Å². The molecule has 23 heavy (non-hydrogen) atoms. The summed E-state index contributed by atoms with van der Waals surface area (Å²) in [6.45, 7) is 0.319. The Morgan fingerprint density at radius 1 is 1.09 bits per heavy atom. The molecule has 0 saturated carbocycles. The van der Waals surface area contributed by atoms with Gasteiger partial charge >= 0.3 is 5.97 Å². The Morgan fingerprint density at radius 2 is 1.87 bits per heavy atom. The first-order valence-electron chi connectivity index (χ1n) is 7.38. The Balaban J connectivity index is 1.77. The Kier molecular flexibility index (Phi) is 4.88. The largest absolute Gasteiger partial charge is 0.465 e. The van der Waals surface area contributed by atoms with E-state index in [2.05, 4.69) is 0 Å². The highest BCUT2D eigenvalue weighted by Gasteiger charge is 2.37. The SMILES string of the molecule is O=C1OC[C@H](Cc2ccccc2F)[C@H]1Cc1ccc(Cl)c(Cl)c1. The fourth-order valence-electron chi connectivity index (χ4n) is 2.92. The molecule has 0 bridgehead atoms. The number of benzene rings is 2. The second-order valence-corrected chi connectivity index (χ2v) is 6.56. The zero-order valence-electron chi connectivity index (χ0n) is 12.3. The van der Waals surface area contributed by atoms with E-state index in [1.807, 2.05) is 6.07 Å². The molecule has 120 valence electrons. The van der Waals surface area contributed by atoms with Gasteiger partial charge in [0.1, 0.15) is 5.82 Å². The molecule has 0 spiro atoms. The maximum atomic E-state index is 13.8. The second-order valence-electron chi connectivity index (χ2n) is 5.74. The smallest absolute Gasteiger partial charge is 0.309 e. The molecule has 2 atom stereocenters. The standard InChI is InChI=1S/C18H15Cl2FO2/c19-15-6-5-11(8-16(15)20)7-14-13(10-23-18(14)22)9-12-3-1-2-4-17(12)21/h1-6,8,13-14H,7,9-10H2/t13-,14+/m0/s1. The van der Waals surface area contributed by atoms with Gasteiger partial charge in [-0.15, -0.1) is 0 Å². The number of hydrogen-bond acceptors (Lipinski definition) is 2. The van der Waals surface area contributed by atoms with E-state index in [0.29, 0.717) is 35.1 Å². The summed E-state index contributed by atoms with van der Waals surface area (Å²) in [7, 11) is 0. The van der Waals surface area contributed by atoms with Crippen molar-refractivity contribution in [3.63, 3.8) is 0 Å². The van der Waals surface area contributed by atoms with Crippen molar-refractivity contribution in [2.75, 3.05) is 6.61 Å². The van der Waals surface area contributed by atoms with E-state index in [-0.39, 0.29) is 23.6 Å². The number of halogens is 3. The average molecular weight is 353 g/mol. The number of hydrogen-bond donors (Lipinski definition) is 0. The second kappa shape index (κ2) is 6.90. The molecule has 0 unspecified atom stereocenters. The lowest BCUT2D eigenvalue weighted by atomic mass is 9.85. The molecule has 2 aromatic rings. The number of rotatable bonds is 4. The van der Waals surface area contributed by atoms with Crippen molar-refractivity contribution < 1.29 is 13.9 Å². The minimum atomic E-state index is -0.299. The summed E-state index contributed by atoms with van der Waals surface area (Å²) in [5.41, 5.74) is 1.52. The molecule has 0 aromatic heterocycles. The van der Waals surface area contributed by atoms with Gasteiger partial charge in [-0.3, -0.25) is 4.79 Å². The highest BCUT2D eigenvalue weighted by molar-refractivity contribution is 6.42. The molecule has 0 amide bonds. The lowest BCUT2D eigenvalue weighted by Crippen LogP contribution is -2.21. The molecule has 1 heterocycles. The summed E-state index contributed by atoms with van der Waals surface area (Å²) < 4.78 is 19.0. The Hall–Kier alpha value is -1.58. The van der Waals surface area contributed by atoms with Gasteiger partial charge in [0.2, 0.25) is 0 Å². The monoisotopic (exact) mass is 352 g/mol. The molecule has 3 rings (SSSR count). The molecular weight excluding hydrogens is 338 g/mol. The molecule has 1 aliphatic rings. The molecule has 0 N–H and O–H groups in total. The van der Waals surface area contributed by atoms with Crippen LogP contribution in [0.25, 0.3) is 0 Å². The summed E-state index contributed by atoms with van der Waals surface area (Å²) in [6, 6.07) is 11.9. The third-order valence-electron chi connectivity index (χ3n) is 4.19. The van der Waals surface area contributed by atoms with E-state index in [4.69, 9.17) is 27.9 Å². The zero-order chi connectivity index (χ0) is 16.4. The van der Waals surface area contributed by atoms with Crippen molar-refractivity contribution in [3.8, 4) is 0 Å². The molecule has 0 radical (unpaired) electrons. The summed E-state index contributed by atoms with van der Waals surface area (Å²) in [5, 5.41) is 0.938. The van der Waals surface area contributed by atoms with E-state index in [1.54, 1.807) is 30.3 Å². The van der Waals surface area contributed by atoms with Gasteiger partial charge in [-0.1, -0.05) is 47.5 Å². The van der Waals surface area contributed by atoms with Gasteiger partial charge in [0, 0.05) is 5.92 Å². The molecular formula is C18H15Cl2FO2. The van der Waals surface area contributed by atoms with Crippen molar-refractivity contribution in [2.24, 2.45) is 11.8 Å². The normalized spacial score (nSPS) is 20.6. The first-order valence-corrected chi connectivity index (χ1v) is 8.14. The van der Waals surface area contributed by atoms with Crippen LogP contribution in [0.5, 0.6) is 0 Å². The topological polar surface area (TPSA) is 26.3 Å². The van der Waals surface area contributed by atoms with Gasteiger partial charge in [-0.2, -0.15) is 0 Å². The van der Waals surface area contributed by atoms with Crippen LogP contribution in [0.4, 0.5) is 4.39 Å². The van der Waals surface area contributed by atoms with E-state index < -0.39 is 0 Å². The summed E-state index contributed by atoms with van der Waals surface area (Å²) in [4.78, 5) is 12.0. The fraction of sp³-hybridized carbons (Fsp3) is 0.278. The highest BCUT2D eigenvalue weighted by atomic mass is 35.5. The van der Waals surface area contributed by atoms with Crippen LogP contribution in [0, 0.1) is 17.7 Å². The van der Waals surface area contributed by atoms with E-state index in [9.17, 15) is 9.18 Å². The first-order chi connectivity index (χ1) is 11.0. The molecule has 5 heteroatoms. The number of ether oxygens (including phenoxy) is 1. The molecule has 1 aliphatic heterocycles. The fourth-order valence-corrected chi connectivity index (χ4v) is 3.24. The van der Waals surface area contributed by atoms with Crippen LogP contribution < -0.4 is 0 Å². The van der Waals surface area contributed by atoms with Crippen LogP contribution in [0.15, 0.2) is 42.5 Å². The first kappa shape index (κ1) is 16.3. The number of esters is 1. The van der Waals surface area contributed by atoms with Gasteiger partial charge in [-0.25, -0.2) is 4.39 Å². The Bertz CT molecular complexity index is 733. The van der Waals surface area contributed by atoms with Crippen LogP contribution >= 0.6 is 23.2 Å². The van der Waals surface area contributed by atoms with E-state index >= 15 is 0 Å². The van der Waals surface area contributed by atoms with Gasteiger partial charge in [0.25, 0.3) is 0 Å². The van der Waals surface area contributed by atoms with Gasteiger partial charge in [-0.05, 0) is 42.2 Å². The van der Waals surface area contributed by atoms with Crippen LogP contribution in [0.1, 0.15) is 11.1 Å². The summed E-state index contributed by atoms with van der Waals surface area (Å²) >= 11 is 11.9. The Labute approximate surface area is 144 Å². The zero-order valence-corrected chi connectivity index (χ0v) is 13.8.